The van der Waals surface area contributed by atoms with Gasteiger partial charge in [0.25, 0.3) is 5.88 Å². The summed E-state index contributed by atoms with van der Waals surface area (Å²) in [6.07, 6.45) is 1.53. The van der Waals surface area contributed by atoms with Gasteiger partial charge in [0, 0.05) is 0 Å². The number of rotatable bonds is 4. The van der Waals surface area contributed by atoms with Gasteiger partial charge in [0.2, 0.25) is 0 Å². The van der Waals surface area contributed by atoms with E-state index in [0.717, 1.165) is 22.6 Å². The maximum Gasteiger partial charge on any atom is 0.258 e. The van der Waals surface area contributed by atoms with E-state index in [4.69, 9.17) is 9.47 Å². The number of aromatic nitrogens is 3. The Bertz CT molecular complexity index is 661. The van der Waals surface area contributed by atoms with Crippen molar-refractivity contribution < 1.29 is 9.47 Å². The number of nitrogens with one attached hydrogen (secondary N) is 1. The first-order valence-corrected chi connectivity index (χ1v) is 6.13. The predicted octanol–water partition coefficient (Wildman–Crippen LogP) is 3.27. The van der Waals surface area contributed by atoms with Crippen LogP contribution in [0.2, 0.25) is 0 Å². The zero-order chi connectivity index (χ0) is 13.8. The Hall–Kier alpha value is -2.82. The van der Waals surface area contributed by atoms with Gasteiger partial charge in [-0.3, -0.25) is 0 Å². The first kappa shape index (κ1) is 12.2. The lowest BCUT2D eigenvalue weighted by Crippen LogP contribution is -1.85. The number of nitrogens with zero attached hydrogens (tertiary/aromatic N) is 2. The molecule has 1 heterocycles. The smallest absolute Gasteiger partial charge is 0.258 e. The molecule has 0 amide bonds. The van der Waals surface area contributed by atoms with Crippen LogP contribution in [0.25, 0.3) is 11.1 Å². The van der Waals surface area contributed by atoms with E-state index in [1.807, 2.05) is 48.5 Å². The molecule has 1 aromatic heterocycles. The minimum atomic E-state index is 0.446. The molecule has 0 saturated carbocycles. The zero-order valence-corrected chi connectivity index (χ0v) is 10.9. The summed E-state index contributed by atoms with van der Waals surface area (Å²) in [6.45, 7) is 0. The fourth-order valence-electron chi connectivity index (χ4n) is 1.86. The van der Waals surface area contributed by atoms with E-state index in [-0.39, 0.29) is 0 Å². The molecule has 0 radical (unpaired) electrons. The van der Waals surface area contributed by atoms with Gasteiger partial charge in [0.05, 0.1) is 7.11 Å². The molecule has 0 aliphatic carbocycles. The number of methoxy groups -OCH3 is 1. The molecule has 3 aromatic rings. The second-order valence-corrected chi connectivity index (χ2v) is 4.16. The lowest BCUT2D eigenvalue weighted by Gasteiger charge is -2.05. The first-order chi connectivity index (χ1) is 9.85. The van der Waals surface area contributed by atoms with Gasteiger partial charge in [-0.15, -0.1) is 5.10 Å². The fraction of sp³-hybridized carbons (Fsp3) is 0.0667. The summed E-state index contributed by atoms with van der Waals surface area (Å²) < 4.78 is 10.7. The maximum absolute atomic E-state index is 5.52. The Balaban J connectivity index is 1.78. The summed E-state index contributed by atoms with van der Waals surface area (Å²) in [4.78, 5) is 0. The van der Waals surface area contributed by atoms with E-state index in [1.54, 1.807) is 7.11 Å². The van der Waals surface area contributed by atoms with E-state index in [9.17, 15) is 0 Å². The van der Waals surface area contributed by atoms with Crippen molar-refractivity contribution in [2.24, 2.45) is 0 Å². The number of hydrogen-bond acceptors (Lipinski definition) is 4. The monoisotopic (exact) mass is 267 g/mol. The molecule has 3 rings (SSSR count). The van der Waals surface area contributed by atoms with Crippen LogP contribution >= 0.6 is 0 Å². The van der Waals surface area contributed by atoms with Gasteiger partial charge in [-0.05, 0) is 35.4 Å². The van der Waals surface area contributed by atoms with Gasteiger partial charge in [0.1, 0.15) is 17.7 Å². The summed E-state index contributed by atoms with van der Waals surface area (Å²) in [5.74, 6) is 2.01. The van der Waals surface area contributed by atoms with Crippen LogP contribution in [-0.2, 0) is 0 Å². The number of ether oxygens (including phenoxy) is 2. The zero-order valence-electron chi connectivity index (χ0n) is 10.9. The largest absolute Gasteiger partial charge is 0.497 e. The van der Waals surface area contributed by atoms with Crippen LogP contribution in [0.5, 0.6) is 17.4 Å². The van der Waals surface area contributed by atoms with Crippen LogP contribution in [0.4, 0.5) is 0 Å². The second-order valence-electron chi connectivity index (χ2n) is 4.16. The molecule has 0 saturated heterocycles. The molecule has 0 spiro atoms. The van der Waals surface area contributed by atoms with Gasteiger partial charge in [0.15, 0.2) is 0 Å². The molecule has 0 bridgehead atoms. The maximum atomic E-state index is 5.52. The van der Waals surface area contributed by atoms with Gasteiger partial charge in [-0.1, -0.05) is 24.3 Å². The average molecular weight is 267 g/mol. The van der Waals surface area contributed by atoms with E-state index in [1.165, 1.54) is 6.20 Å². The third-order valence-corrected chi connectivity index (χ3v) is 2.89. The highest BCUT2D eigenvalue weighted by Crippen LogP contribution is 2.26. The summed E-state index contributed by atoms with van der Waals surface area (Å²) in [5.41, 5.74) is 2.24. The van der Waals surface area contributed by atoms with Crippen LogP contribution in [0, 0.1) is 0 Å². The van der Waals surface area contributed by atoms with E-state index in [0.29, 0.717) is 5.88 Å². The summed E-state index contributed by atoms with van der Waals surface area (Å²) >= 11 is 0. The molecular formula is C15H13N3O2. The van der Waals surface area contributed by atoms with Crippen molar-refractivity contribution in [3.8, 4) is 28.5 Å². The number of H-pyrrole nitrogens is 1. The lowest BCUT2D eigenvalue weighted by atomic mass is 10.1. The van der Waals surface area contributed by atoms with Crippen LogP contribution < -0.4 is 9.47 Å². The Morgan fingerprint density at radius 3 is 1.95 bits per heavy atom. The average Bonchev–Trinajstić information content (AvgIpc) is 3.01. The third-order valence-electron chi connectivity index (χ3n) is 2.89. The molecule has 0 aliphatic rings. The Morgan fingerprint density at radius 1 is 0.850 bits per heavy atom. The van der Waals surface area contributed by atoms with Gasteiger partial charge in [-0.25, -0.2) is 0 Å². The van der Waals surface area contributed by atoms with Gasteiger partial charge < -0.3 is 9.47 Å². The highest BCUT2D eigenvalue weighted by atomic mass is 16.5. The Kier molecular flexibility index (Phi) is 3.33. The normalized spacial score (nSPS) is 10.2. The SMILES string of the molecule is COc1ccc(-c2ccc(Oc3cn[nH]n3)cc2)cc1. The highest BCUT2D eigenvalue weighted by Gasteiger charge is 2.02. The first-order valence-electron chi connectivity index (χ1n) is 6.13. The number of benzene rings is 2. The van der Waals surface area contributed by atoms with Crippen LogP contribution in [0.15, 0.2) is 54.7 Å². The summed E-state index contributed by atoms with van der Waals surface area (Å²) in [7, 11) is 1.66. The Labute approximate surface area is 116 Å². The second kappa shape index (κ2) is 5.44. The predicted molar refractivity (Wildman–Crippen MR) is 74.9 cm³/mol. The van der Waals surface area contributed by atoms with E-state index in [2.05, 4.69) is 15.4 Å². The molecule has 1 N–H and O–H groups in total. The number of hydrogen-bond donors (Lipinski definition) is 1. The van der Waals surface area contributed by atoms with Crippen molar-refractivity contribution in [2.45, 2.75) is 0 Å². The molecule has 5 heteroatoms. The number of aromatic amines is 1. The fourth-order valence-corrected chi connectivity index (χ4v) is 1.86. The molecule has 2 aromatic carbocycles. The van der Waals surface area contributed by atoms with Gasteiger partial charge >= 0.3 is 0 Å². The molecule has 0 unspecified atom stereocenters. The van der Waals surface area contributed by atoms with Crippen molar-refractivity contribution in [1.82, 2.24) is 15.4 Å². The minimum absolute atomic E-state index is 0.446. The third kappa shape index (κ3) is 2.61. The van der Waals surface area contributed by atoms with E-state index >= 15 is 0 Å². The minimum Gasteiger partial charge on any atom is -0.497 e. The van der Waals surface area contributed by atoms with Crippen molar-refractivity contribution in [1.29, 1.82) is 0 Å². The summed E-state index contributed by atoms with van der Waals surface area (Å²) in [6, 6.07) is 15.7. The lowest BCUT2D eigenvalue weighted by molar-refractivity contribution is 0.415. The van der Waals surface area contributed by atoms with Gasteiger partial charge in [-0.2, -0.15) is 10.3 Å². The van der Waals surface area contributed by atoms with Crippen LogP contribution in [0.3, 0.4) is 0 Å². The Morgan fingerprint density at radius 2 is 1.45 bits per heavy atom. The van der Waals surface area contributed by atoms with Crippen LogP contribution in [-0.4, -0.2) is 22.5 Å². The van der Waals surface area contributed by atoms with Crippen LogP contribution in [0.1, 0.15) is 0 Å². The van der Waals surface area contributed by atoms with Crippen molar-refractivity contribution in [2.75, 3.05) is 7.11 Å². The van der Waals surface area contributed by atoms with Crippen molar-refractivity contribution >= 4 is 0 Å². The molecular weight excluding hydrogens is 254 g/mol. The van der Waals surface area contributed by atoms with Crippen molar-refractivity contribution in [3.63, 3.8) is 0 Å². The molecule has 100 valence electrons. The molecule has 0 atom stereocenters. The molecule has 5 nitrogen and oxygen atoms in total. The molecule has 0 aliphatic heterocycles. The topological polar surface area (TPSA) is 60.0 Å². The quantitative estimate of drug-likeness (QED) is 0.788. The van der Waals surface area contributed by atoms with Crippen molar-refractivity contribution in [3.05, 3.63) is 54.7 Å². The molecule has 20 heavy (non-hydrogen) atoms. The highest BCUT2D eigenvalue weighted by molar-refractivity contribution is 5.64. The standard InChI is InChI=1S/C15H13N3O2/c1-19-13-6-2-11(3-7-13)12-4-8-14(9-5-12)20-15-10-16-18-17-15/h2-10H,1H3,(H,16,17,18). The molecule has 0 fully saturated rings. The summed E-state index contributed by atoms with van der Waals surface area (Å²) in [5, 5.41) is 10.0. The van der Waals surface area contributed by atoms with E-state index < -0.39 is 0 Å².